The van der Waals surface area contributed by atoms with Gasteiger partial charge in [-0.1, -0.05) is 115 Å². The quantitative estimate of drug-likeness (QED) is 0.184. The van der Waals surface area contributed by atoms with Crippen LogP contribution in [0.5, 0.6) is 0 Å². The van der Waals surface area contributed by atoms with Crippen molar-refractivity contribution in [2.75, 3.05) is 0 Å². The Bertz CT molecular complexity index is 2770. The molecular weight excluding hydrogens is 595 g/mol. The maximum atomic E-state index is 10.4. The molecule has 8 aromatic carbocycles. The largest absolute Gasteiger partial charge is 0.309 e. The molecule has 0 saturated carbocycles. The number of nitriles is 2. The van der Waals surface area contributed by atoms with Crippen molar-refractivity contribution >= 4 is 43.4 Å². The summed E-state index contributed by atoms with van der Waals surface area (Å²) in [5.41, 5.74) is 11.0. The van der Waals surface area contributed by atoms with Crippen LogP contribution in [0, 0.1) is 22.7 Å². The number of hydrogen-bond donors (Lipinski definition) is 0. The molecule has 9 aromatic rings. The van der Waals surface area contributed by atoms with E-state index in [4.69, 9.17) is 0 Å². The van der Waals surface area contributed by atoms with Crippen LogP contribution in [-0.4, -0.2) is 4.57 Å². The van der Waals surface area contributed by atoms with Gasteiger partial charge in [0.2, 0.25) is 0 Å². The van der Waals surface area contributed by atoms with Gasteiger partial charge in [0.05, 0.1) is 34.3 Å². The van der Waals surface area contributed by atoms with Crippen LogP contribution in [0.4, 0.5) is 0 Å². The molecule has 0 bridgehead atoms. The first kappa shape index (κ1) is 28.3. The minimum Gasteiger partial charge on any atom is -0.309 e. The van der Waals surface area contributed by atoms with Crippen LogP contribution in [0.3, 0.4) is 0 Å². The van der Waals surface area contributed by atoms with Gasteiger partial charge in [0.1, 0.15) is 0 Å². The van der Waals surface area contributed by atoms with Gasteiger partial charge in [-0.3, -0.25) is 0 Å². The fraction of sp³-hybridized carbons (Fsp3) is 0. The third-order valence-electron chi connectivity index (χ3n) is 9.66. The first-order chi connectivity index (χ1) is 24.2. The first-order valence-electron chi connectivity index (χ1n) is 16.3. The number of rotatable bonds is 4. The molecule has 0 amide bonds. The van der Waals surface area contributed by atoms with Crippen molar-refractivity contribution < 1.29 is 0 Å². The van der Waals surface area contributed by atoms with Crippen LogP contribution in [0.2, 0.25) is 0 Å². The van der Waals surface area contributed by atoms with Gasteiger partial charge in [-0.2, -0.15) is 10.5 Å². The van der Waals surface area contributed by atoms with Gasteiger partial charge in [-0.05, 0) is 97.9 Å². The lowest BCUT2D eigenvalue weighted by Gasteiger charge is -2.19. The van der Waals surface area contributed by atoms with Crippen LogP contribution >= 0.6 is 0 Å². The van der Waals surface area contributed by atoms with E-state index in [0.29, 0.717) is 11.1 Å². The van der Waals surface area contributed by atoms with Crippen LogP contribution in [-0.2, 0) is 0 Å². The van der Waals surface area contributed by atoms with E-state index in [1.165, 1.54) is 11.1 Å². The summed E-state index contributed by atoms with van der Waals surface area (Å²) in [6.45, 7) is 0. The molecule has 1 aromatic heterocycles. The Kier molecular flexibility index (Phi) is 6.58. The minimum absolute atomic E-state index is 0.644. The summed E-state index contributed by atoms with van der Waals surface area (Å²) in [6, 6.07) is 61.4. The molecule has 0 radical (unpaired) electrons. The first-order valence-corrected chi connectivity index (χ1v) is 16.3. The van der Waals surface area contributed by atoms with Crippen LogP contribution in [0.15, 0.2) is 164 Å². The maximum absolute atomic E-state index is 10.4. The van der Waals surface area contributed by atoms with Gasteiger partial charge in [0.15, 0.2) is 0 Å². The molecule has 0 atom stereocenters. The molecule has 3 heteroatoms. The molecule has 0 unspecified atom stereocenters. The van der Waals surface area contributed by atoms with Gasteiger partial charge >= 0.3 is 0 Å². The van der Waals surface area contributed by atoms with Crippen LogP contribution in [0.1, 0.15) is 11.1 Å². The summed E-state index contributed by atoms with van der Waals surface area (Å²) >= 11 is 0. The second-order valence-corrected chi connectivity index (χ2v) is 12.3. The smallest absolute Gasteiger partial charge is 0.0998 e. The number of hydrogen-bond acceptors (Lipinski definition) is 2. The topological polar surface area (TPSA) is 52.5 Å². The molecule has 0 N–H and O–H groups in total. The number of nitrogens with zero attached hydrogens (tertiary/aromatic N) is 3. The molecule has 1 heterocycles. The van der Waals surface area contributed by atoms with E-state index in [2.05, 4.69) is 138 Å². The Morgan fingerprint density at radius 1 is 0.388 bits per heavy atom. The van der Waals surface area contributed by atoms with E-state index in [0.717, 1.165) is 71.3 Å². The molecule has 0 spiro atoms. The van der Waals surface area contributed by atoms with E-state index < -0.39 is 0 Å². The summed E-state index contributed by atoms with van der Waals surface area (Å²) in [6.07, 6.45) is 0. The fourth-order valence-corrected chi connectivity index (χ4v) is 7.49. The third-order valence-corrected chi connectivity index (χ3v) is 9.66. The predicted octanol–water partition coefficient (Wildman–Crippen LogP) is 11.8. The molecule has 0 saturated heterocycles. The van der Waals surface area contributed by atoms with E-state index >= 15 is 0 Å². The molecule has 0 aliphatic heterocycles. The molecule has 0 aliphatic rings. The molecule has 0 aliphatic carbocycles. The normalized spacial score (nSPS) is 11.2. The number of fused-ring (bicyclic) bond motifs is 5. The SMILES string of the molecule is N#Cc1ccc2c(c1)c1ccccc1n2-c1ccc(-c2ccc(C#N)c(-c3c4ccccc4c(-c4ccccc4)c4ccccc34)c2)cc1. The number of benzene rings is 8. The predicted molar refractivity (Wildman–Crippen MR) is 202 cm³/mol. The fourth-order valence-electron chi connectivity index (χ4n) is 7.49. The number of para-hydroxylation sites is 1. The highest BCUT2D eigenvalue weighted by Gasteiger charge is 2.19. The van der Waals surface area contributed by atoms with Gasteiger partial charge in [-0.25, -0.2) is 0 Å². The second-order valence-electron chi connectivity index (χ2n) is 12.3. The van der Waals surface area contributed by atoms with Crippen molar-refractivity contribution in [3.8, 4) is 51.2 Å². The second kappa shape index (κ2) is 11.4. The zero-order valence-electron chi connectivity index (χ0n) is 26.4. The van der Waals surface area contributed by atoms with Crippen molar-refractivity contribution in [2.45, 2.75) is 0 Å². The summed E-state index contributed by atoms with van der Waals surface area (Å²) in [5, 5.41) is 26.7. The summed E-state index contributed by atoms with van der Waals surface area (Å²) in [5.74, 6) is 0. The summed E-state index contributed by atoms with van der Waals surface area (Å²) in [4.78, 5) is 0. The molecule has 3 nitrogen and oxygen atoms in total. The van der Waals surface area contributed by atoms with Crippen LogP contribution < -0.4 is 0 Å². The molecular formula is C46H27N3. The highest BCUT2D eigenvalue weighted by molar-refractivity contribution is 6.22. The molecule has 0 fully saturated rings. The van der Waals surface area contributed by atoms with Gasteiger partial charge in [-0.15, -0.1) is 0 Å². The van der Waals surface area contributed by atoms with Crippen molar-refractivity contribution in [2.24, 2.45) is 0 Å². The highest BCUT2D eigenvalue weighted by Crippen LogP contribution is 2.45. The lowest BCUT2D eigenvalue weighted by atomic mass is 9.84. The minimum atomic E-state index is 0.644. The third kappa shape index (κ3) is 4.49. The average Bonchev–Trinajstić information content (AvgIpc) is 3.50. The van der Waals surface area contributed by atoms with Gasteiger partial charge in [0.25, 0.3) is 0 Å². The standard InChI is InChI=1S/C46H27N3/c47-28-30-18-25-44-42(26-30)36-12-8-9-17-43(36)49(44)35-23-21-31(22-24-35)33-19-20-34(29-48)41(27-33)46-39-15-6-4-13-37(39)45(32-10-2-1-3-11-32)38-14-5-7-16-40(38)46/h1-27H. The Morgan fingerprint density at radius 3 is 1.61 bits per heavy atom. The summed E-state index contributed by atoms with van der Waals surface area (Å²) in [7, 11) is 0. The lowest BCUT2D eigenvalue weighted by Crippen LogP contribution is -1.95. The summed E-state index contributed by atoms with van der Waals surface area (Å²) < 4.78 is 2.26. The molecule has 49 heavy (non-hydrogen) atoms. The van der Waals surface area contributed by atoms with Crippen molar-refractivity contribution in [1.82, 2.24) is 4.57 Å². The number of aromatic nitrogens is 1. The van der Waals surface area contributed by atoms with Crippen molar-refractivity contribution in [1.29, 1.82) is 10.5 Å². The maximum Gasteiger partial charge on any atom is 0.0998 e. The lowest BCUT2D eigenvalue weighted by molar-refractivity contribution is 1.18. The monoisotopic (exact) mass is 621 g/mol. The van der Waals surface area contributed by atoms with Crippen LogP contribution in [0.25, 0.3) is 82.4 Å². The zero-order valence-corrected chi connectivity index (χ0v) is 26.4. The Hall–Kier alpha value is -6.94. The highest BCUT2D eigenvalue weighted by atomic mass is 15.0. The zero-order chi connectivity index (χ0) is 32.9. The van der Waals surface area contributed by atoms with E-state index in [-0.39, 0.29) is 0 Å². The molecule has 226 valence electrons. The van der Waals surface area contributed by atoms with Crippen molar-refractivity contribution in [3.63, 3.8) is 0 Å². The Balaban J connectivity index is 1.22. The Morgan fingerprint density at radius 2 is 0.959 bits per heavy atom. The van der Waals surface area contributed by atoms with E-state index in [1.54, 1.807) is 0 Å². The van der Waals surface area contributed by atoms with Crippen molar-refractivity contribution in [3.05, 3.63) is 175 Å². The van der Waals surface area contributed by atoms with E-state index in [9.17, 15) is 10.5 Å². The van der Waals surface area contributed by atoms with E-state index in [1.807, 2.05) is 42.5 Å². The average molecular weight is 622 g/mol. The Labute approximate surface area is 283 Å². The molecule has 9 rings (SSSR count). The van der Waals surface area contributed by atoms with Gasteiger partial charge in [0, 0.05) is 22.0 Å². The van der Waals surface area contributed by atoms with Gasteiger partial charge < -0.3 is 4.57 Å².